The van der Waals surface area contributed by atoms with Gasteiger partial charge in [-0.1, -0.05) is 6.42 Å². The first-order chi connectivity index (χ1) is 6.27. The molecule has 0 aromatic rings. The molecule has 1 aliphatic carbocycles. The van der Waals surface area contributed by atoms with Gasteiger partial charge in [-0.05, 0) is 25.7 Å². The highest BCUT2D eigenvalue weighted by atomic mass is 16.2. The van der Waals surface area contributed by atoms with E-state index in [0.717, 1.165) is 38.8 Å². The Bertz CT molecular complexity index is 201. The largest absolute Gasteiger partial charge is 0.341 e. The van der Waals surface area contributed by atoms with Gasteiger partial charge in [-0.25, -0.2) is 0 Å². The van der Waals surface area contributed by atoms with Crippen molar-refractivity contribution in [1.82, 2.24) is 4.90 Å². The van der Waals surface area contributed by atoms with Crippen molar-refractivity contribution in [2.75, 3.05) is 13.1 Å². The van der Waals surface area contributed by atoms with Crippen LogP contribution in [0.1, 0.15) is 32.1 Å². The van der Waals surface area contributed by atoms with Gasteiger partial charge in [0.05, 0.1) is 0 Å². The molecule has 0 bridgehead atoms. The summed E-state index contributed by atoms with van der Waals surface area (Å²) in [4.78, 5) is 13.8. The SMILES string of the molecule is N[C@@H]1CCCN(C(=O)C2CCC2)C1. The van der Waals surface area contributed by atoms with Crippen molar-refractivity contribution in [3.05, 3.63) is 0 Å². The van der Waals surface area contributed by atoms with Crippen LogP contribution in [-0.4, -0.2) is 29.9 Å². The maximum Gasteiger partial charge on any atom is 0.225 e. The monoisotopic (exact) mass is 182 g/mol. The molecule has 0 aromatic carbocycles. The van der Waals surface area contributed by atoms with Crippen molar-refractivity contribution < 1.29 is 4.79 Å². The molecular formula is C10H18N2O. The number of carbonyl (C=O) groups excluding carboxylic acids is 1. The van der Waals surface area contributed by atoms with Gasteiger partial charge in [-0.15, -0.1) is 0 Å². The summed E-state index contributed by atoms with van der Waals surface area (Å²) < 4.78 is 0. The molecule has 13 heavy (non-hydrogen) atoms. The molecule has 1 saturated heterocycles. The number of carbonyl (C=O) groups is 1. The van der Waals surface area contributed by atoms with E-state index in [-0.39, 0.29) is 6.04 Å². The van der Waals surface area contributed by atoms with E-state index >= 15 is 0 Å². The van der Waals surface area contributed by atoms with Crippen LogP contribution >= 0.6 is 0 Å². The maximum absolute atomic E-state index is 11.8. The fourth-order valence-corrected chi connectivity index (χ4v) is 2.12. The van der Waals surface area contributed by atoms with E-state index in [4.69, 9.17) is 5.73 Å². The first-order valence-corrected chi connectivity index (χ1v) is 5.32. The summed E-state index contributed by atoms with van der Waals surface area (Å²) in [7, 11) is 0. The Morgan fingerprint density at radius 3 is 2.54 bits per heavy atom. The zero-order valence-corrected chi connectivity index (χ0v) is 8.04. The molecule has 2 fully saturated rings. The zero-order chi connectivity index (χ0) is 9.26. The summed E-state index contributed by atoms with van der Waals surface area (Å²) in [5.74, 6) is 0.701. The lowest BCUT2D eigenvalue weighted by Crippen LogP contribution is -2.48. The molecule has 0 spiro atoms. The van der Waals surface area contributed by atoms with Crippen LogP contribution < -0.4 is 5.73 Å². The van der Waals surface area contributed by atoms with Gasteiger partial charge in [0.1, 0.15) is 0 Å². The normalized spacial score (nSPS) is 29.9. The van der Waals surface area contributed by atoms with Gasteiger partial charge in [-0.3, -0.25) is 4.79 Å². The first kappa shape index (κ1) is 9.00. The minimum absolute atomic E-state index is 0.220. The summed E-state index contributed by atoms with van der Waals surface area (Å²) in [6.45, 7) is 1.72. The van der Waals surface area contributed by atoms with Crippen molar-refractivity contribution in [2.45, 2.75) is 38.1 Å². The van der Waals surface area contributed by atoms with E-state index in [1.165, 1.54) is 6.42 Å². The Kier molecular flexibility index (Phi) is 2.54. The van der Waals surface area contributed by atoms with Gasteiger partial charge in [0.15, 0.2) is 0 Å². The molecular weight excluding hydrogens is 164 g/mol. The van der Waals surface area contributed by atoms with E-state index in [1.807, 2.05) is 4.90 Å². The van der Waals surface area contributed by atoms with Crippen LogP contribution in [0.2, 0.25) is 0 Å². The molecule has 0 radical (unpaired) electrons. The van der Waals surface area contributed by atoms with Crippen LogP contribution in [0.25, 0.3) is 0 Å². The van der Waals surface area contributed by atoms with Gasteiger partial charge in [0, 0.05) is 25.0 Å². The Hall–Kier alpha value is -0.570. The van der Waals surface area contributed by atoms with E-state index < -0.39 is 0 Å². The Labute approximate surface area is 79.3 Å². The number of nitrogens with two attached hydrogens (primary N) is 1. The lowest BCUT2D eigenvalue weighted by Gasteiger charge is -2.36. The average Bonchev–Trinajstić information content (AvgIpc) is 2.01. The summed E-state index contributed by atoms with van der Waals surface area (Å²) in [5.41, 5.74) is 5.83. The minimum atomic E-state index is 0.220. The number of nitrogens with zero attached hydrogens (tertiary/aromatic N) is 1. The lowest BCUT2D eigenvalue weighted by molar-refractivity contribution is -0.139. The molecule has 1 aliphatic heterocycles. The molecule has 1 amide bonds. The number of hydrogen-bond donors (Lipinski definition) is 1. The van der Waals surface area contributed by atoms with E-state index in [2.05, 4.69) is 0 Å². The molecule has 1 saturated carbocycles. The zero-order valence-electron chi connectivity index (χ0n) is 8.04. The van der Waals surface area contributed by atoms with Crippen molar-refractivity contribution in [3.8, 4) is 0 Å². The molecule has 3 nitrogen and oxygen atoms in total. The van der Waals surface area contributed by atoms with E-state index in [1.54, 1.807) is 0 Å². The average molecular weight is 182 g/mol. The van der Waals surface area contributed by atoms with Crippen LogP contribution in [0.4, 0.5) is 0 Å². The highest BCUT2D eigenvalue weighted by molar-refractivity contribution is 5.79. The van der Waals surface area contributed by atoms with Crippen LogP contribution in [0.3, 0.4) is 0 Å². The molecule has 3 heteroatoms. The third-order valence-corrected chi connectivity index (χ3v) is 3.22. The van der Waals surface area contributed by atoms with Crippen LogP contribution in [-0.2, 0) is 4.79 Å². The number of rotatable bonds is 1. The van der Waals surface area contributed by atoms with Crippen molar-refractivity contribution in [3.63, 3.8) is 0 Å². The van der Waals surface area contributed by atoms with Crippen LogP contribution in [0.15, 0.2) is 0 Å². The topological polar surface area (TPSA) is 46.3 Å². The molecule has 2 aliphatic rings. The molecule has 0 unspecified atom stereocenters. The summed E-state index contributed by atoms with van der Waals surface area (Å²) in [6.07, 6.45) is 5.60. The Morgan fingerprint density at radius 1 is 1.23 bits per heavy atom. The molecule has 2 N–H and O–H groups in total. The smallest absolute Gasteiger partial charge is 0.225 e. The lowest BCUT2D eigenvalue weighted by atomic mass is 9.84. The number of hydrogen-bond acceptors (Lipinski definition) is 2. The Morgan fingerprint density at radius 2 is 2.00 bits per heavy atom. The summed E-state index contributed by atoms with van der Waals surface area (Å²) in [6, 6.07) is 0.220. The highest BCUT2D eigenvalue weighted by Gasteiger charge is 2.31. The maximum atomic E-state index is 11.8. The van der Waals surface area contributed by atoms with Gasteiger partial charge in [0.2, 0.25) is 5.91 Å². The van der Waals surface area contributed by atoms with Gasteiger partial charge in [0.25, 0.3) is 0 Å². The second-order valence-corrected chi connectivity index (χ2v) is 4.31. The third kappa shape index (κ3) is 1.85. The molecule has 74 valence electrons. The fourth-order valence-electron chi connectivity index (χ4n) is 2.12. The molecule has 1 heterocycles. The van der Waals surface area contributed by atoms with Crippen molar-refractivity contribution >= 4 is 5.91 Å². The second kappa shape index (κ2) is 3.66. The fraction of sp³-hybridized carbons (Fsp3) is 0.900. The minimum Gasteiger partial charge on any atom is -0.341 e. The highest BCUT2D eigenvalue weighted by Crippen LogP contribution is 2.29. The van der Waals surface area contributed by atoms with Crippen molar-refractivity contribution in [1.29, 1.82) is 0 Å². The molecule has 2 rings (SSSR count). The van der Waals surface area contributed by atoms with Crippen LogP contribution in [0.5, 0.6) is 0 Å². The number of amides is 1. The first-order valence-electron chi connectivity index (χ1n) is 5.32. The number of likely N-dealkylation sites (tertiary alicyclic amines) is 1. The predicted molar refractivity (Wildman–Crippen MR) is 51.1 cm³/mol. The quantitative estimate of drug-likeness (QED) is 0.650. The van der Waals surface area contributed by atoms with E-state index in [9.17, 15) is 4.79 Å². The Balaban J connectivity index is 1.87. The third-order valence-electron chi connectivity index (χ3n) is 3.22. The van der Waals surface area contributed by atoms with Crippen molar-refractivity contribution in [2.24, 2.45) is 11.7 Å². The molecule has 0 aromatic heterocycles. The summed E-state index contributed by atoms with van der Waals surface area (Å²) >= 11 is 0. The van der Waals surface area contributed by atoms with Crippen LogP contribution in [0, 0.1) is 5.92 Å². The summed E-state index contributed by atoms with van der Waals surface area (Å²) in [5, 5.41) is 0. The van der Waals surface area contributed by atoms with E-state index in [0.29, 0.717) is 11.8 Å². The number of piperidine rings is 1. The van der Waals surface area contributed by atoms with Gasteiger partial charge >= 0.3 is 0 Å². The predicted octanol–water partition coefficient (Wildman–Crippen LogP) is 0.736. The van der Waals surface area contributed by atoms with Gasteiger partial charge in [-0.2, -0.15) is 0 Å². The second-order valence-electron chi connectivity index (χ2n) is 4.31. The molecule has 1 atom stereocenters. The standard InChI is InChI=1S/C10H18N2O/c11-9-5-2-6-12(7-9)10(13)8-3-1-4-8/h8-9H,1-7,11H2/t9-/m1/s1. The van der Waals surface area contributed by atoms with Gasteiger partial charge < -0.3 is 10.6 Å².